The highest BCUT2D eigenvalue weighted by molar-refractivity contribution is 9.10. The monoisotopic (exact) mass is 500 g/mol. The second-order valence-corrected chi connectivity index (χ2v) is 8.26. The molecular formula is C22H14BrClN2O3S. The van der Waals surface area contributed by atoms with E-state index in [1.807, 2.05) is 24.3 Å². The maximum atomic E-state index is 13.1. The fraction of sp³-hybridized carbons (Fsp3) is 0.0455. The molecular weight excluding hydrogens is 488 g/mol. The van der Waals surface area contributed by atoms with Crippen molar-refractivity contribution in [2.24, 2.45) is 0 Å². The van der Waals surface area contributed by atoms with Gasteiger partial charge in [-0.05, 0) is 67.2 Å². The number of hydrogen-bond donors (Lipinski definition) is 1. The molecule has 30 heavy (non-hydrogen) atoms. The molecule has 5 nitrogen and oxygen atoms in total. The first-order chi connectivity index (χ1) is 14.3. The smallest absolute Gasteiger partial charge is 0.270 e. The number of thiocarbonyl (C=S) groups is 1. The average molecular weight is 502 g/mol. The number of furan rings is 1. The Labute approximate surface area is 191 Å². The largest absolute Gasteiger partial charge is 0.457 e. The summed E-state index contributed by atoms with van der Waals surface area (Å²) in [7, 11) is 0. The molecule has 1 fully saturated rings. The van der Waals surface area contributed by atoms with E-state index in [1.54, 1.807) is 37.3 Å². The van der Waals surface area contributed by atoms with Crippen LogP contribution in [0.4, 0.5) is 5.69 Å². The summed E-state index contributed by atoms with van der Waals surface area (Å²) in [5.74, 6) is -0.128. The molecule has 1 aliphatic rings. The molecule has 1 aromatic heterocycles. The summed E-state index contributed by atoms with van der Waals surface area (Å²) in [5, 5.41) is 3.06. The molecule has 8 heteroatoms. The van der Waals surface area contributed by atoms with Crippen molar-refractivity contribution >= 4 is 68.4 Å². The van der Waals surface area contributed by atoms with Crippen LogP contribution >= 0.6 is 39.7 Å². The number of amides is 2. The van der Waals surface area contributed by atoms with Crippen LogP contribution in [0.2, 0.25) is 5.02 Å². The van der Waals surface area contributed by atoms with Crippen LogP contribution < -0.4 is 10.2 Å². The average Bonchev–Trinajstić information content (AvgIpc) is 3.17. The fourth-order valence-corrected chi connectivity index (χ4v) is 3.76. The third-order valence-corrected chi connectivity index (χ3v) is 5.85. The van der Waals surface area contributed by atoms with Crippen LogP contribution in [0.1, 0.15) is 11.3 Å². The number of nitrogens with zero attached hydrogens (tertiary/aromatic N) is 1. The van der Waals surface area contributed by atoms with Crippen molar-refractivity contribution < 1.29 is 14.0 Å². The van der Waals surface area contributed by atoms with Gasteiger partial charge in [-0.25, -0.2) is 0 Å². The van der Waals surface area contributed by atoms with Crippen molar-refractivity contribution in [3.8, 4) is 11.3 Å². The van der Waals surface area contributed by atoms with Crippen LogP contribution in [0.3, 0.4) is 0 Å². The molecule has 1 aliphatic heterocycles. The SMILES string of the molecule is Cc1c(Cl)cccc1N1C(=O)/C(=C\c2ccc(-c3ccc(Br)cc3)o2)C(=O)NC1=S. The fourth-order valence-electron chi connectivity index (χ4n) is 3.06. The van der Waals surface area contributed by atoms with E-state index in [4.69, 9.17) is 28.2 Å². The van der Waals surface area contributed by atoms with Gasteiger partial charge in [-0.3, -0.25) is 19.8 Å². The summed E-state index contributed by atoms with van der Waals surface area (Å²) in [6.45, 7) is 1.78. The quantitative estimate of drug-likeness (QED) is 0.292. The van der Waals surface area contributed by atoms with E-state index in [0.29, 0.717) is 27.8 Å². The zero-order valence-electron chi connectivity index (χ0n) is 15.6. The van der Waals surface area contributed by atoms with Crippen molar-refractivity contribution in [3.63, 3.8) is 0 Å². The van der Waals surface area contributed by atoms with Crippen LogP contribution in [0.5, 0.6) is 0 Å². The minimum Gasteiger partial charge on any atom is -0.457 e. The number of halogens is 2. The molecule has 1 N–H and O–H groups in total. The summed E-state index contributed by atoms with van der Waals surface area (Å²) < 4.78 is 6.78. The molecule has 0 spiro atoms. The lowest BCUT2D eigenvalue weighted by Gasteiger charge is -2.30. The number of carbonyl (C=O) groups excluding carboxylic acids is 2. The summed E-state index contributed by atoms with van der Waals surface area (Å²) in [4.78, 5) is 26.9. The Hall–Kier alpha value is -2.74. The Morgan fingerprint density at radius 2 is 1.83 bits per heavy atom. The number of benzene rings is 2. The molecule has 0 unspecified atom stereocenters. The van der Waals surface area contributed by atoms with Gasteiger partial charge in [0.2, 0.25) is 0 Å². The standard InChI is InChI=1S/C22H14BrClN2O3S/c1-12-17(24)3-2-4-18(12)26-21(28)16(20(27)25-22(26)30)11-15-9-10-19(29-15)13-5-7-14(23)8-6-13/h2-11H,1H3,(H,25,27,30)/b16-11-. The van der Waals surface area contributed by atoms with Crippen LogP contribution in [0.15, 0.2) is 69.1 Å². The Morgan fingerprint density at radius 1 is 1.10 bits per heavy atom. The summed E-state index contributed by atoms with van der Waals surface area (Å²) >= 11 is 14.8. The molecule has 0 saturated carbocycles. The van der Waals surface area contributed by atoms with Crippen molar-refractivity contribution in [1.29, 1.82) is 0 Å². The normalized spacial score (nSPS) is 15.6. The molecule has 0 atom stereocenters. The van der Waals surface area contributed by atoms with Crippen molar-refractivity contribution in [2.45, 2.75) is 6.92 Å². The number of nitrogens with one attached hydrogen (secondary N) is 1. The van der Waals surface area contributed by atoms with Gasteiger partial charge in [-0.2, -0.15) is 0 Å². The third kappa shape index (κ3) is 3.84. The van der Waals surface area contributed by atoms with E-state index in [0.717, 1.165) is 10.0 Å². The topological polar surface area (TPSA) is 62.6 Å². The zero-order valence-corrected chi connectivity index (χ0v) is 18.8. The molecule has 2 aromatic carbocycles. The second-order valence-electron chi connectivity index (χ2n) is 6.55. The first-order valence-electron chi connectivity index (χ1n) is 8.87. The van der Waals surface area contributed by atoms with Gasteiger partial charge in [0.25, 0.3) is 11.8 Å². The van der Waals surface area contributed by atoms with Gasteiger partial charge in [0.15, 0.2) is 5.11 Å². The lowest BCUT2D eigenvalue weighted by Crippen LogP contribution is -2.54. The van der Waals surface area contributed by atoms with E-state index < -0.39 is 11.8 Å². The molecule has 0 bridgehead atoms. The summed E-state index contributed by atoms with van der Waals surface area (Å²) in [5.41, 5.74) is 1.98. The van der Waals surface area contributed by atoms with Gasteiger partial charge in [-0.15, -0.1) is 0 Å². The third-order valence-electron chi connectivity index (χ3n) is 4.62. The molecule has 4 rings (SSSR count). The van der Waals surface area contributed by atoms with Crippen LogP contribution in [-0.4, -0.2) is 16.9 Å². The van der Waals surface area contributed by atoms with Crippen LogP contribution in [0.25, 0.3) is 17.4 Å². The maximum Gasteiger partial charge on any atom is 0.270 e. The number of hydrogen-bond acceptors (Lipinski definition) is 4. The van der Waals surface area contributed by atoms with Gasteiger partial charge >= 0.3 is 0 Å². The summed E-state index contributed by atoms with van der Waals surface area (Å²) in [6.07, 6.45) is 1.41. The first-order valence-corrected chi connectivity index (χ1v) is 10.5. The lowest BCUT2D eigenvalue weighted by atomic mass is 10.1. The maximum absolute atomic E-state index is 13.1. The Kier molecular flexibility index (Phi) is 5.60. The van der Waals surface area contributed by atoms with E-state index >= 15 is 0 Å². The molecule has 2 heterocycles. The van der Waals surface area contributed by atoms with Gasteiger partial charge in [-0.1, -0.05) is 45.7 Å². The van der Waals surface area contributed by atoms with Crippen LogP contribution in [-0.2, 0) is 9.59 Å². The highest BCUT2D eigenvalue weighted by Crippen LogP contribution is 2.30. The Morgan fingerprint density at radius 3 is 2.57 bits per heavy atom. The Balaban J connectivity index is 1.70. The number of rotatable bonds is 3. The van der Waals surface area contributed by atoms with Crippen molar-refractivity contribution in [2.75, 3.05) is 4.90 Å². The molecule has 0 aliphatic carbocycles. The van der Waals surface area contributed by atoms with E-state index in [9.17, 15) is 9.59 Å². The minimum atomic E-state index is -0.581. The predicted octanol–water partition coefficient (Wildman–Crippen LogP) is 5.50. The summed E-state index contributed by atoms with van der Waals surface area (Å²) in [6, 6.07) is 16.3. The predicted molar refractivity (Wildman–Crippen MR) is 124 cm³/mol. The highest BCUT2D eigenvalue weighted by Gasteiger charge is 2.35. The first kappa shape index (κ1) is 20.5. The molecule has 150 valence electrons. The zero-order chi connectivity index (χ0) is 21.4. The Bertz CT molecular complexity index is 1220. The van der Waals surface area contributed by atoms with Gasteiger partial charge in [0, 0.05) is 15.1 Å². The number of anilines is 1. The molecule has 2 amide bonds. The molecule has 3 aromatic rings. The molecule has 0 radical (unpaired) electrons. The lowest BCUT2D eigenvalue weighted by molar-refractivity contribution is -0.122. The van der Waals surface area contributed by atoms with Gasteiger partial charge in [0.1, 0.15) is 17.1 Å². The van der Waals surface area contributed by atoms with Gasteiger partial charge in [0.05, 0.1) is 5.69 Å². The second kappa shape index (κ2) is 8.18. The van der Waals surface area contributed by atoms with Gasteiger partial charge < -0.3 is 4.42 Å². The van der Waals surface area contributed by atoms with E-state index in [2.05, 4.69) is 21.2 Å². The van der Waals surface area contributed by atoms with Crippen molar-refractivity contribution in [3.05, 3.63) is 81.0 Å². The van der Waals surface area contributed by atoms with Crippen molar-refractivity contribution in [1.82, 2.24) is 5.32 Å². The minimum absolute atomic E-state index is 0.00233. The van der Waals surface area contributed by atoms with Crippen LogP contribution in [0, 0.1) is 6.92 Å². The van der Waals surface area contributed by atoms with E-state index in [1.165, 1.54) is 11.0 Å². The van der Waals surface area contributed by atoms with E-state index in [-0.39, 0.29) is 10.7 Å². The highest BCUT2D eigenvalue weighted by atomic mass is 79.9. The number of carbonyl (C=O) groups is 2. The molecule has 1 saturated heterocycles.